The molecule has 1 aromatic carbocycles. The first kappa shape index (κ1) is 20.5. The van der Waals surface area contributed by atoms with Gasteiger partial charge in [0, 0.05) is 45.2 Å². The summed E-state index contributed by atoms with van der Waals surface area (Å²) in [5.74, 6) is 0.876. The van der Waals surface area contributed by atoms with Gasteiger partial charge in [-0.1, -0.05) is 25.5 Å². The van der Waals surface area contributed by atoms with E-state index < -0.39 is 0 Å². The molecule has 26 heavy (non-hydrogen) atoms. The van der Waals surface area contributed by atoms with Crippen LogP contribution in [0.3, 0.4) is 0 Å². The van der Waals surface area contributed by atoms with Crippen LogP contribution in [0.25, 0.3) is 0 Å². The third-order valence-corrected chi connectivity index (χ3v) is 4.50. The first-order chi connectivity index (χ1) is 12.7. The predicted octanol–water partition coefficient (Wildman–Crippen LogP) is 3.15. The van der Waals surface area contributed by atoms with E-state index in [0.717, 1.165) is 38.2 Å². The summed E-state index contributed by atoms with van der Waals surface area (Å²) < 4.78 is 12.8. The van der Waals surface area contributed by atoms with Gasteiger partial charge < -0.3 is 19.1 Å². The molecule has 0 aliphatic carbocycles. The molecule has 0 unspecified atom stereocenters. The molecule has 0 aliphatic rings. The van der Waals surface area contributed by atoms with E-state index in [0.29, 0.717) is 13.2 Å². The molecule has 5 heteroatoms. The quantitative estimate of drug-likeness (QED) is 0.632. The van der Waals surface area contributed by atoms with Gasteiger partial charge in [0.25, 0.3) is 0 Å². The summed E-state index contributed by atoms with van der Waals surface area (Å²) in [6.07, 6.45) is 3.63. The zero-order chi connectivity index (χ0) is 18.8. The Morgan fingerprint density at radius 3 is 2.77 bits per heavy atom. The van der Waals surface area contributed by atoms with Gasteiger partial charge >= 0.3 is 0 Å². The highest BCUT2D eigenvalue weighted by Gasteiger charge is 2.14. The SMILES string of the molecule is CCC[C@H](O)CN(CCOC)Cc1cccn1Cc1cccc(OC)c1. The second-order valence-corrected chi connectivity index (χ2v) is 6.65. The van der Waals surface area contributed by atoms with Gasteiger partial charge in [-0.15, -0.1) is 0 Å². The minimum Gasteiger partial charge on any atom is -0.497 e. The highest BCUT2D eigenvalue weighted by Crippen LogP contribution is 2.16. The number of hydrogen-bond acceptors (Lipinski definition) is 4. The van der Waals surface area contributed by atoms with Gasteiger partial charge in [-0.3, -0.25) is 4.90 Å². The molecule has 1 heterocycles. The Kier molecular flexibility index (Phi) is 8.68. The molecule has 1 N–H and O–H groups in total. The molecule has 0 amide bonds. The molecule has 0 bridgehead atoms. The van der Waals surface area contributed by atoms with E-state index in [4.69, 9.17) is 9.47 Å². The molecule has 5 nitrogen and oxygen atoms in total. The summed E-state index contributed by atoms with van der Waals surface area (Å²) in [5, 5.41) is 10.2. The van der Waals surface area contributed by atoms with Crippen LogP contribution < -0.4 is 4.74 Å². The number of rotatable bonds is 12. The number of aliphatic hydroxyl groups is 1. The van der Waals surface area contributed by atoms with Crippen molar-refractivity contribution in [1.82, 2.24) is 9.47 Å². The topological polar surface area (TPSA) is 46.9 Å². The molecule has 0 fully saturated rings. The lowest BCUT2D eigenvalue weighted by Crippen LogP contribution is -2.35. The number of aromatic nitrogens is 1. The predicted molar refractivity (Wildman–Crippen MR) is 105 cm³/mol. The van der Waals surface area contributed by atoms with Crippen LogP contribution in [-0.2, 0) is 17.8 Å². The van der Waals surface area contributed by atoms with E-state index in [2.05, 4.69) is 46.9 Å². The second kappa shape index (κ2) is 11.0. The average Bonchev–Trinajstić information content (AvgIpc) is 3.06. The first-order valence-corrected chi connectivity index (χ1v) is 9.32. The minimum absolute atomic E-state index is 0.293. The van der Waals surface area contributed by atoms with E-state index in [1.807, 2.05) is 12.1 Å². The van der Waals surface area contributed by atoms with Gasteiger partial charge in [0.2, 0.25) is 0 Å². The summed E-state index contributed by atoms with van der Waals surface area (Å²) in [7, 11) is 3.40. The lowest BCUT2D eigenvalue weighted by atomic mass is 10.2. The number of hydrogen-bond donors (Lipinski definition) is 1. The van der Waals surface area contributed by atoms with Crippen LogP contribution in [0.5, 0.6) is 5.75 Å². The van der Waals surface area contributed by atoms with Crippen molar-refractivity contribution >= 4 is 0 Å². The number of aliphatic hydroxyl groups excluding tert-OH is 1. The van der Waals surface area contributed by atoms with Crippen LogP contribution in [0, 0.1) is 0 Å². The molecule has 0 aliphatic heterocycles. The fourth-order valence-electron chi connectivity index (χ4n) is 3.12. The Hall–Kier alpha value is -1.82. The molecule has 2 rings (SSSR count). The molecular weight excluding hydrogens is 328 g/mol. The third kappa shape index (κ3) is 6.48. The van der Waals surface area contributed by atoms with Crippen LogP contribution in [0.2, 0.25) is 0 Å². The lowest BCUT2D eigenvalue weighted by Gasteiger charge is -2.25. The first-order valence-electron chi connectivity index (χ1n) is 9.32. The van der Waals surface area contributed by atoms with Crippen molar-refractivity contribution in [2.75, 3.05) is 33.9 Å². The molecule has 0 saturated heterocycles. The zero-order valence-corrected chi connectivity index (χ0v) is 16.2. The molecule has 1 aromatic heterocycles. The van der Waals surface area contributed by atoms with Gasteiger partial charge in [0.05, 0.1) is 19.8 Å². The summed E-state index contributed by atoms with van der Waals surface area (Å²) in [6.45, 7) is 5.83. The number of ether oxygens (including phenoxy) is 2. The molecule has 0 saturated carbocycles. The maximum absolute atomic E-state index is 10.2. The van der Waals surface area contributed by atoms with E-state index >= 15 is 0 Å². The molecular formula is C21H32N2O3. The van der Waals surface area contributed by atoms with E-state index in [-0.39, 0.29) is 6.10 Å². The Labute approximate surface area is 157 Å². The summed E-state index contributed by atoms with van der Waals surface area (Å²) >= 11 is 0. The number of benzene rings is 1. The Bertz CT molecular complexity index is 642. The van der Waals surface area contributed by atoms with Gasteiger partial charge in [0.15, 0.2) is 0 Å². The second-order valence-electron chi connectivity index (χ2n) is 6.65. The van der Waals surface area contributed by atoms with Crippen molar-refractivity contribution < 1.29 is 14.6 Å². The third-order valence-electron chi connectivity index (χ3n) is 4.50. The van der Waals surface area contributed by atoms with Crippen LogP contribution in [0.1, 0.15) is 31.0 Å². The van der Waals surface area contributed by atoms with E-state index in [1.54, 1.807) is 14.2 Å². The standard InChI is InChI=1S/C21H32N2O3/c1-4-7-20(24)17-22(12-13-25-2)16-19-9-6-11-23(19)15-18-8-5-10-21(14-18)26-3/h5-6,8-11,14,20,24H,4,7,12-13,15-17H2,1-3H3/t20-/m0/s1. The average molecular weight is 360 g/mol. The zero-order valence-electron chi connectivity index (χ0n) is 16.2. The molecule has 0 radical (unpaired) electrons. The highest BCUT2D eigenvalue weighted by atomic mass is 16.5. The fourth-order valence-corrected chi connectivity index (χ4v) is 3.12. The maximum Gasteiger partial charge on any atom is 0.119 e. The van der Waals surface area contributed by atoms with Crippen LogP contribution in [0.4, 0.5) is 0 Å². The van der Waals surface area contributed by atoms with Gasteiger partial charge in [-0.05, 0) is 36.2 Å². The molecule has 1 atom stereocenters. The lowest BCUT2D eigenvalue weighted by molar-refractivity contribution is 0.0788. The maximum atomic E-state index is 10.2. The van der Waals surface area contributed by atoms with Gasteiger partial charge in [0.1, 0.15) is 5.75 Å². The number of nitrogens with zero attached hydrogens (tertiary/aromatic N) is 2. The Morgan fingerprint density at radius 1 is 1.19 bits per heavy atom. The van der Waals surface area contributed by atoms with Crippen molar-refractivity contribution in [2.24, 2.45) is 0 Å². The van der Waals surface area contributed by atoms with Crippen molar-refractivity contribution in [1.29, 1.82) is 0 Å². The number of methoxy groups -OCH3 is 2. The van der Waals surface area contributed by atoms with Crippen molar-refractivity contribution in [3.05, 3.63) is 53.9 Å². The molecule has 144 valence electrons. The Morgan fingerprint density at radius 2 is 2.04 bits per heavy atom. The molecule has 2 aromatic rings. The van der Waals surface area contributed by atoms with Gasteiger partial charge in [-0.2, -0.15) is 0 Å². The van der Waals surface area contributed by atoms with Crippen molar-refractivity contribution in [3.8, 4) is 5.75 Å². The summed E-state index contributed by atoms with van der Waals surface area (Å²) in [5.41, 5.74) is 2.43. The summed E-state index contributed by atoms with van der Waals surface area (Å²) in [4.78, 5) is 2.27. The van der Waals surface area contributed by atoms with Crippen molar-refractivity contribution in [2.45, 2.75) is 39.0 Å². The largest absolute Gasteiger partial charge is 0.497 e. The van der Waals surface area contributed by atoms with Gasteiger partial charge in [-0.25, -0.2) is 0 Å². The fraction of sp³-hybridized carbons (Fsp3) is 0.524. The highest BCUT2D eigenvalue weighted by molar-refractivity contribution is 5.29. The Balaban J connectivity index is 2.05. The minimum atomic E-state index is -0.293. The monoisotopic (exact) mass is 360 g/mol. The van der Waals surface area contributed by atoms with Crippen LogP contribution in [0.15, 0.2) is 42.6 Å². The van der Waals surface area contributed by atoms with Crippen molar-refractivity contribution in [3.63, 3.8) is 0 Å². The van der Waals surface area contributed by atoms with E-state index in [9.17, 15) is 5.11 Å². The van der Waals surface area contributed by atoms with Crippen LogP contribution >= 0.6 is 0 Å². The summed E-state index contributed by atoms with van der Waals surface area (Å²) in [6, 6.07) is 12.4. The normalized spacial score (nSPS) is 12.5. The molecule has 0 spiro atoms. The smallest absolute Gasteiger partial charge is 0.119 e. The van der Waals surface area contributed by atoms with E-state index in [1.165, 1.54) is 11.3 Å². The van der Waals surface area contributed by atoms with Crippen LogP contribution in [-0.4, -0.2) is 54.6 Å².